The van der Waals surface area contributed by atoms with Gasteiger partial charge in [0.2, 0.25) is 0 Å². The average molecular weight is 266 g/mol. The lowest BCUT2D eigenvalue weighted by Gasteiger charge is -2.17. The molecule has 108 valence electrons. The van der Waals surface area contributed by atoms with Crippen LogP contribution in [0.5, 0.6) is 5.75 Å². The van der Waals surface area contributed by atoms with Crippen LogP contribution in [0.3, 0.4) is 0 Å². The Balaban J connectivity index is 2.14. The molecule has 1 rings (SSSR count). The maximum Gasteiger partial charge on any atom is 0.118 e. The minimum atomic E-state index is 0.790. The highest BCUT2D eigenvalue weighted by Crippen LogP contribution is 2.12. The number of methoxy groups -OCH3 is 1. The summed E-state index contributed by atoms with van der Waals surface area (Å²) in [5.41, 5.74) is 1.30. The molecule has 0 saturated heterocycles. The fourth-order valence-electron chi connectivity index (χ4n) is 1.81. The van der Waals surface area contributed by atoms with Crippen LogP contribution < -0.4 is 10.1 Å². The van der Waals surface area contributed by atoms with Crippen molar-refractivity contribution in [2.45, 2.75) is 13.5 Å². The monoisotopic (exact) mass is 266 g/mol. The molecule has 1 aromatic carbocycles. The van der Waals surface area contributed by atoms with Crippen LogP contribution in [0.25, 0.3) is 0 Å². The van der Waals surface area contributed by atoms with Crippen molar-refractivity contribution in [3.8, 4) is 5.75 Å². The van der Waals surface area contributed by atoms with E-state index in [9.17, 15) is 0 Å². The van der Waals surface area contributed by atoms with Crippen molar-refractivity contribution in [3.63, 3.8) is 0 Å². The second-order valence-electron chi connectivity index (χ2n) is 4.53. The Morgan fingerprint density at radius 3 is 2.53 bits per heavy atom. The van der Waals surface area contributed by atoms with Crippen molar-refractivity contribution in [2.75, 3.05) is 47.0 Å². The molecule has 0 unspecified atom stereocenters. The number of ether oxygens (including phenoxy) is 2. The molecule has 0 aliphatic rings. The highest BCUT2D eigenvalue weighted by molar-refractivity contribution is 5.26. The highest BCUT2D eigenvalue weighted by atomic mass is 16.5. The van der Waals surface area contributed by atoms with Crippen LogP contribution in [0, 0.1) is 0 Å². The molecule has 0 aliphatic carbocycles. The molecule has 0 amide bonds. The van der Waals surface area contributed by atoms with Gasteiger partial charge in [0.05, 0.1) is 13.7 Å². The molecule has 1 aromatic rings. The van der Waals surface area contributed by atoms with Crippen molar-refractivity contribution in [1.82, 2.24) is 10.2 Å². The first kappa shape index (κ1) is 16.0. The van der Waals surface area contributed by atoms with Gasteiger partial charge >= 0.3 is 0 Å². The fourth-order valence-corrected chi connectivity index (χ4v) is 1.81. The maximum absolute atomic E-state index is 5.27. The summed E-state index contributed by atoms with van der Waals surface area (Å²) in [7, 11) is 3.82. The zero-order valence-electron chi connectivity index (χ0n) is 12.3. The summed E-state index contributed by atoms with van der Waals surface area (Å²) in [6, 6.07) is 8.22. The molecule has 1 N–H and O–H groups in total. The predicted octanol–water partition coefficient (Wildman–Crippen LogP) is 1.75. The van der Waals surface area contributed by atoms with Crippen molar-refractivity contribution in [1.29, 1.82) is 0 Å². The van der Waals surface area contributed by atoms with E-state index in [1.807, 2.05) is 19.1 Å². The summed E-state index contributed by atoms with van der Waals surface area (Å²) in [5.74, 6) is 0.906. The molecule has 4 nitrogen and oxygen atoms in total. The molecular weight excluding hydrogens is 240 g/mol. The molecule has 4 heteroatoms. The van der Waals surface area contributed by atoms with E-state index in [4.69, 9.17) is 9.47 Å². The molecule has 0 spiro atoms. The molecule has 0 fully saturated rings. The van der Waals surface area contributed by atoms with Gasteiger partial charge < -0.3 is 19.7 Å². The normalized spacial score (nSPS) is 10.9. The molecule has 0 saturated carbocycles. The summed E-state index contributed by atoms with van der Waals surface area (Å²) in [6.45, 7) is 7.49. The first-order chi connectivity index (χ1) is 9.26. The van der Waals surface area contributed by atoms with Gasteiger partial charge in [0.25, 0.3) is 0 Å². The van der Waals surface area contributed by atoms with Gasteiger partial charge in [-0.15, -0.1) is 0 Å². The molecule has 0 aliphatic heterocycles. The maximum atomic E-state index is 5.27. The predicted molar refractivity (Wildman–Crippen MR) is 78.7 cm³/mol. The summed E-state index contributed by atoms with van der Waals surface area (Å²) >= 11 is 0. The SMILES string of the molecule is CCOCCNCCN(C)Cc1ccc(OC)cc1. The van der Waals surface area contributed by atoms with E-state index in [0.717, 1.165) is 45.1 Å². The van der Waals surface area contributed by atoms with Crippen molar-refractivity contribution in [3.05, 3.63) is 29.8 Å². The third kappa shape index (κ3) is 7.15. The van der Waals surface area contributed by atoms with Crippen molar-refractivity contribution in [2.24, 2.45) is 0 Å². The highest BCUT2D eigenvalue weighted by Gasteiger charge is 2.00. The van der Waals surface area contributed by atoms with E-state index in [0.29, 0.717) is 0 Å². The molecule has 0 atom stereocenters. The third-order valence-corrected chi connectivity index (χ3v) is 2.91. The summed E-state index contributed by atoms with van der Waals surface area (Å²) in [6.07, 6.45) is 0. The number of rotatable bonds is 10. The Labute approximate surface area is 116 Å². The zero-order chi connectivity index (χ0) is 13.9. The second-order valence-corrected chi connectivity index (χ2v) is 4.53. The number of nitrogens with zero attached hydrogens (tertiary/aromatic N) is 1. The first-order valence-electron chi connectivity index (χ1n) is 6.86. The average Bonchev–Trinajstić information content (AvgIpc) is 2.43. The summed E-state index contributed by atoms with van der Waals surface area (Å²) < 4.78 is 10.4. The summed E-state index contributed by atoms with van der Waals surface area (Å²) in [4.78, 5) is 2.30. The molecule has 19 heavy (non-hydrogen) atoms. The van der Waals surface area contributed by atoms with Gasteiger partial charge in [0.1, 0.15) is 5.75 Å². The number of likely N-dealkylation sites (N-methyl/N-ethyl adjacent to an activating group) is 1. The van der Waals surface area contributed by atoms with E-state index in [2.05, 4.69) is 29.4 Å². The Bertz CT molecular complexity index is 327. The van der Waals surface area contributed by atoms with Crippen LogP contribution >= 0.6 is 0 Å². The Kier molecular flexibility index (Phi) is 8.21. The van der Waals surface area contributed by atoms with Crippen molar-refractivity contribution < 1.29 is 9.47 Å². The lowest BCUT2D eigenvalue weighted by atomic mass is 10.2. The Morgan fingerprint density at radius 1 is 1.16 bits per heavy atom. The van der Waals surface area contributed by atoms with Gasteiger partial charge in [0.15, 0.2) is 0 Å². The Morgan fingerprint density at radius 2 is 1.89 bits per heavy atom. The van der Waals surface area contributed by atoms with Crippen LogP contribution in [0.1, 0.15) is 12.5 Å². The first-order valence-corrected chi connectivity index (χ1v) is 6.86. The molecular formula is C15H26N2O2. The number of nitrogens with one attached hydrogen (secondary N) is 1. The van der Waals surface area contributed by atoms with E-state index in [1.54, 1.807) is 7.11 Å². The Hall–Kier alpha value is -1.10. The van der Waals surface area contributed by atoms with Gasteiger partial charge in [-0.25, -0.2) is 0 Å². The van der Waals surface area contributed by atoms with Gasteiger partial charge in [-0.2, -0.15) is 0 Å². The van der Waals surface area contributed by atoms with E-state index in [-0.39, 0.29) is 0 Å². The molecule has 0 aromatic heterocycles. The zero-order valence-corrected chi connectivity index (χ0v) is 12.3. The van der Waals surface area contributed by atoms with Crippen molar-refractivity contribution >= 4 is 0 Å². The quantitative estimate of drug-likeness (QED) is 0.654. The van der Waals surface area contributed by atoms with Crippen LogP contribution in [-0.2, 0) is 11.3 Å². The number of hydrogen-bond acceptors (Lipinski definition) is 4. The van der Waals surface area contributed by atoms with E-state index >= 15 is 0 Å². The lowest BCUT2D eigenvalue weighted by molar-refractivity contribution is 0.148. The second kappa shape index (κ2) is 9.78. The van der Waals surface area contributed by atoms with Gasteiger partial charge in [-0.05, 0) is 31.7 Å². The van der Waals surface area contributed by atoms with Crippen LogP contribution in [0.2, 0.25) is 0 Å². The van der Waals surface area contributed by atoms with E-state index < -0.39 is 0 Å². The standard InChI is InChI=1S/C15H26N2O2/c1-4-19-12-10-16-9-11-17(2)13-14-5-7-15(18-3)8-6-14/h5-8,16H,4,9-13H2,1-3H3. The van der Waals surface area contributed by atoms with Gasteiger partial charge in [0, 0.05) is 32.8 Å². The number of hydrogen-bond donors (Lipinski definition) is 1. The smallest absolute Gasteiger partial charge is 0.118 e. The van der Waals surface area contributed by atoms with Crippen LogP contribution in [0.4, 0.5) is 0 Å². The third-order valence-electron chi connectivity index (χ3n) is 2.91. The summed E-state index contributed by atoms with van der Waals surface area (Å²) in [5, 5.41) is 3.37. The molecule has 0 heterocycles. The fraction of sp³-hybridized carbons (Fsp3) is 0.600. The molecule has 0 radical (unpaired) electrons. The topological polar surface area (TPSA) is 33.7 Å². The van der Waals surface area contributed by atoms with Crippen LogP contribution in [-0.4, -0.2) is 51.9 Å². The minimum absolute atomic E-state index is 0.790. The largest absolute Gasteiger partial charge is 0.497 e. The van der Waals surface area contributed by atoms with E-state index in [1.165, 1.54) is 5.56 Å². The van der Waals surface area contributed by atoms with Gasteiger partial charge in [-0.3, -0.25) is 0 Å². The van der Waals surface area contributed by atoms with Gasteiger partial charge in [-0.1, -0.05) is 12.1 Å². The number of benzene rings is 1. The minimum Gasteiger partial charge on any atom is -0.497 e. The molecule has 0 bridgehead atoms. The van der Waals surface area contributed by atoms with Crippen LogP contribution in [0.15, 0.2) is 24.3 Å². The lowest BCUT2D eigenvalue weighted by Crippen LogP contribution is -2.30.